The van der Waals surface area contributed by atoms with Crippen molar-refractivity contribution in [1.29, 1.82) is 0 Å². The third kappa shape index (κ3) is 2.71. The van der Waals surface area contributed by atoms with Gasteiger partial charge in [0.15, 0.2) is 21.5 Å². The maximum atomic E-state index is 14.0. The highest BCUT2D eigenvalue weighted by atomic mass is 32.2. The summed E-state index contributed by atoms with van der Waals surface area (Å²) in [5, 5.41) is -0.871. The van der Waals surface area contributed by atoms with Gasteiger partial charge in [-0.1, -0.05) is 6.92 Å². The summed E-state index contributed by atoms with van der Waals surface area (Å²) in [6, 6.07) is 2.20. The van der Waals surface area contributed by atoms with E-state index < -0.39 is 26.8 Å². The fourth-order valence-corrected chi connectivity index (χ4v) is 5.15. The molecule has 2 rings (SSSR count). The second-order valence-electron chi connectivity index (χ2n) is 4.47. The van der Waals surface area contributed by atoms with Gasteiger partial charge >= 0.3 is 0 Å². The molecule has 1 aromatic carbocycles. The molecule has 8 heteroatoms. The molecule has 0 radical (unpaired) electrons. The Morgan fingerprint density at radius 2 is 2.15 bits per heavy atom. The molecule has 4 nitrogen and oxygen atoms in total. The minimum absolute atomic E-state index is 0.0482. The second-order valence-corrected chi connectivity index (χ2v) is 8.07. The average molecular weight is 322 g/mol. The Hall–Kier alpha value is -1.02. The van der Waals surface area contributed by atoms with Crippen LogP contribution < -0.4 is 10.6 Å². The number of nitrogens with zero attached hydrogens (tertiary/aromatic N) is 1. The Morgan fingerprint density at radius 1 is 1.45 bits per heavy atom. The van der Waals surface area contributed by atoms with Gasteiger partial charge in [0.05, 0.1) is 5.69 Å². The van der Waals surface area contributed by atoms with E-state index >= 15 is 0 Å². The maximum absolute atomic E-state index is 14.0. The molecule has 1 heterocycles. The molecule has 0 aromatic heterocycles. The number of rotatable bonds is 3. The predicted molar refractivity (Wildman–Crippen MR) is 78.7 cm³/mol. The third-order valence-electron chi connectivity index (χ3n) is 3.29. The zero-order chi connectivity index (χ0) is 14.9. The topological polar surface area (TPSA) is 63.4 Å². The van der Waals surface area contributed by atoms with Crippen LogP contribution in [-0.2, 0) is 9.84 Å². The summed E-state index contributed by atoms with van der Waals surface area (Å²) in [7, 11) is -3.40. The van der Waals surface area contributed by atoms with Gasteiger partial charge in [0.25, 0.3) is 0 Å². The Kier molecular flexibility index (Phi) is 4.43. The summed E-state index contributed by atoms with van der Waals surface area (Å²) in [4.78, 5) is 1.38. The van der Waals surface area contributed by atoms with Crippen molar-refractivity contribution < 1.29 is 17.2 Å². The van der Waals surface area contributed by atoms with Crippen LogP contribution in [0, 0.1) is 11.6 Å². The highest BCUT2D eigenvalue weighted by molar-refractivity contribution is 8.01. The number of sulfone groups is 1. The van der Waals surface area contributed by atoms with E-state index in [9.17, 15) is 17.2 Å². The Bertz CT molecular complexity index is 608. The van der Waals surface area contributed by atoms with Crippen molar-refractivity contribution >= 4 is 33.0 Å². The number of nitrogen functional groups attached to an aromatic ring is 1. The molecule has 0 spiro atoms. The van der Waals surface area contributed by atoms with Crippen molar-refractivity contribution in [3.05, 3.63) is 23.8 Å². The van der Waals surface area contributed by atoms with Crippen LogP contribution >= 0.6 is 11.8 Å². The van der Waals surface area contributed by atoms with Gasteiger partial charge < -0.3 is 10.6 Å². The lowest BCUT2D eigenvalue weighted by Crippen LogP contribution is -2.48. The van der Waals surface area contributed by atoms with Crippen LogP contribution in [0.4, 0.5) is 20.2 Å². The van der Waals surface area contributed by atoms with E-state index in [-0.39, 0.29) is 17.1 Å². The first kappa shape index (κ1) is 15.4. The van der Waals surface area contributed by atoms with Gasteiger partial charge in [-0.15, -0.1) is 0 Å². The van der Waals surface area contributed by atoms with Gasteiger partial charge in [0, 0.05) is 23.8 Å². The van der Waals surface area contributed by atoms with Crippen LogP contribution in [-0.4, -0.2) is 37.6 Å². The van der Waals surface area contributed by atoms with Crippen molar-refractivity contribution in [2.24, 2.45) is 0 Å². The Morgan fingerprint density at radius 3 is 2.80 bits per heavy atom. The first-order valence-corrected chi connectivity index (χ1v) is 9.05. The fourth-order valence-electron chi connectivity index (χ4n) is 2.17. The fraction of sp³-hybridized carbons (Fsp3) is 0.500. The lowest BCUT2D eigenvalue weighted by molar-refractivity contribution is 0.505. The lowest BCUT2D eigenvalue weighted by Gasteiger charge is -2.37. The van der Waals surface area contributed by atoms with Gasteiger partial charge in [0.2, 0.25) is 0 Å². The van der Waals surface area contributed by atoms with Crippen molar-refractivity contribution in [1.82, 2.24) is 0 Å². The van der Waals surface area contributed by atoms with Crippen LogP contribution in [0.15, 0.2) is 12.1 Å². The zero-order valence-electron chi connectivity index (χ0n) is 11.0. The molecule has 1 aliphatic heterocycles. The minimum Gasteiger partial charge on any atom is -0.397 e. The van der Waals surface area contributed by atoms with Crippen LogP contribution in [0.2, 0.25) is 0 Å². The second kappa shape index (κ2) is 5.77. The van der Waals surface area contributed by atoms with Crippen LogP contribution in [0.25, 0.3) is 0 Å². The number of hydrogen-bond donors (Lipinski definition) is 1. The molecular weight excluding hydrogens is 306 g/mol. The smallest absolute Gasteiger partial charge is 0.184 e. The van der Waals surface area contributed by atoms with Crippen molar-refractivity contribution in [3.8, 4) is 0 Å². The quantitative estimate of drug-likeness (QED) is 0.861. The average Bonchev–Trinajstić information content (AvgIpc) is 2.44. The summed E-state index contributed by atoms with van der Waals surface area (Å²) in [6.07, 6.45) is 0. The molecule has 0 saturated carbocycles. The maximum Gasteiger partial charge on any atom is 0.184 e. The number of hydrogen-bond acceptors (Lipinski definition) is 5. The number of nitrogens with two attached hydrogens (primary N) is 1. The highest BCUT2D eigenvalue weighted by Gasteiger charge is 2.35. The van der Waals surface area contributed by atoms with Crippen molar-refractivity contribution in [2.45, 2.75) is 12.3 Å². The summed E-state index contributed by atoms with van der Waals surface area (Å²) in [5.41, 5.74) is 5.62. The standard InChI is InChI=1S/C12H16F2N2O2S2/c1-2-20(17,18)10-7-19-6-5-16(10)12-9(15)4-3-8(13)11(12)14/h3-4,10H,2,5-7,15H2,1H3. The van der Waals surface area contributed by atoms with Crippen molar-refractivity contribution in [2.75, 3.05) is 34.4 Å². The molecule has 1 fully saturated rings. The first-order valence-electron chi connectivity index (χ1n) is 6.18. The van der Waals surface area contributed by atoms with Crippen LogP contribution in [0.3, 0.4) is 0 Å². The number of thioether (sulfide) groups is 1. The summed E-state index contributed by atoms with van der Waals surface area (Å²) >= 11 is 1.48. The molecule has 2 N–H and O–H groups in total. The van der Waals surface area contributed by atoms with E-state index in [4.69, 9.17) is 5.73 Å². The summed E-state index contributed by atoms with van der Waals surface area (Å²) in [5.74, 6) is -1.20. The largest absolute Gasteiger partial charge is 0.397 e. The molecular formula is C12H16F2N2O2S2. The molecule has 1 aromatic rings. The predicted octanol–water partition coefficient (Wildman–Crippen LogP) is 1.86. The van der Waals surface area contributed by atoms with Gasteiger partial charge in [-0.25, -0.2) is 17.2 Å². The number of benzene rings is 1. The van der Waals surface area contributed by atoms with Gasteiger partial charge in [-0.2, -0.15) is 11.8 Å². The van der Waals surface area contributed by atoms with E-state index in [1.165, 1.54) is 29.7 Å². The van der Waals surface area contributed by atoms with Crippen LogP contribution in [0.1, 0.15) is 6.92 Å². The number of halogens is 2. The number of anilines is 2. The molecule has 112 valence electrons. The van der Waals surface area contributed by atoms with E-state index in [0.717, 1.165) is 6.07 Å². The van der Waals surface area contributed by atoms with E-state index in [1.54, 1.807) is 0 Å². The van der Waals surface area contributed by atoms with Gasteiger partial charge in [0.1, 0.15) is 11.1 Å². The first-order chi connectivity index (χ1) is 9.38. The van der Waals surface area contributed by atoms with Gasteiger partial charge in [-0.05, 0) is 12.1 Å². The highest BCUT2D eigenvalue weighted by Crippen LogP contribution is 2.34. The Labute approximate surface area is 121 Å². The van der Waals surface area contributed by atoms with Crippen molar-refractivity contribution in [3.63, 3.8) is 0 Å². The zero-order valence-corrected chi connectivity index (χ0v) is 12.6. The minimum atomic E-state index is -3.40. The SMILES string of the molecule is CCS(=O)(=O)C1CSCCN1c1c(N)ccc(F)c1F. The van der Waals surface area contributed by atoms with E-state index in [0.29, 0.717) is 18.1 Å². The normalized spacial score (nSPS) is 20.1. The molecule has 1 aliphatic rings. The molecule has 1 saturated heterocycles. The molecule has 20 heavy (non-hydrogen) atoms. The molecule has 0 amide bonds. The summed E-state index contributed by atoms with van der Waals surface area (Å²) in [6.45, 7) is 1.86. The molecule has 1 atom stereocenters. The lowest BCUT2D eigenvalue weighted by atomic mass is 10.2. The third-order valence-corrected chi connectivity index (χ3v) is 6.58. The monoisotopic (exact) mass is 322 g/mol. The summed E-state index contributed by atoms with van der Waals surface area (Å²) < 4.78 is 51.7. The van der Waals surface area contributed by atoms with Gasteiger partial charge in [-0.3, -0.25) is 0 Å². The molecule has 0 aliphatic carbocycles. The van der Waals surface area contributed by atoms with E-state index in [2.05, 4.69) is 0 Å². The molecule has 1 unspecified atom stereocenters. The molecule has 0 bridgehead atoms. The van der Waals surface area contributed by atoms with E-state index in [1.807, 2.05) is 0 Å². The van der Waals surface area contributed by atoms with Crippen LogP contribution in [0.5, 0.6) is 0 Å². The Balaban J connectivity index is 2.51.